The molecule has 0 aliphatic heterocycles. The zero-order valence-electron chi connectivity index (χ0n) is 12.1. The molecule has 0 unspecified atom stereocenters. The molecule has 0 aromatic carbocycles. The van der Waals surface area contributed by atoms with Crippen molar-refractivity contribution in [3.8, 4) is 0 Å². The third-order valence-corrected chi connectivity index (χ3v) is 2.77. The third-order valence-electron chi connectivity index (χ3n) is 2.77. The second-order valence-electron chi connectivity index (χ2n) is 5.31. The van der Waals surface area contributed by atoms with Crippen LogP contribution in [0.2, 0.25) is 0 Å². The fourth-order valence-electron chi connectivity index (χ4n) is 1.85. The molecule has 0 bridgehead atoms. The molecule has 0 saturated carbocycles. The molecule has 0 fully saturated rings. The first-order valence-electron chi connectivity index (χ1n) is 6.57. The third kappa shape index (κ3) is 7.34. The second kappa shape index (κ2) is 8.48. The fraction of sp³-hybridized carbons (Fsp3) is 0.923. The van der Waals surface area contributed by atoms with Gasteiger partial charge in [0.1, 0.15) is 0 Å². The second-order valence-corrected chi connectivity index (χ2v) is 5.31. The molecule has 0 aliphatic rings. The molecule has 0 aromatic rings. The fourth-order valence-corrected chi connectivity index (χ4v) is 1.85. The zero-order chi connectivity index (χ0) is 13.4. The van der Waals surface area contributed by atoms with Crippen molar-refractivity contribution in [2.24, 2.45) is 11.7 Å². The van der Waals surface area contributed by atoms with E-state index in [0.717, 1.165) is 32.5 Å². The van der Waals surface area contributed by atoms with Gasteiger partial charge in [-0.15, -0.1) is 0 Å². The van der Waals surface area contributed by atoms with Crippen LogP contribution in [0, 0.1) is 5.92 Å². The van der Waals surface area contributed by atoms with Crippen molar-refractivity contribution in [3.63, 3.8) is 0 Å². The Morgan fingerprint density at radius 1 is 1.24 bits per heavy atom. The number of nitrogens with two attached hydrogens (primary N) is 1. The van der Waals surface area contributed by atoms with Crippen molar-refractivity contribution in [3.05, 3.63) is 0 Å². The maximum atomic E-state index is 12.1. The van der Waals surface area contributed by atoms with E-state index >= 15 is 0 Å². The Hall–Kier alpha value is -0.610. The standard InChI is InChI=1S/C13H29N3O/c1-6-16(9-7-8-15(4)5)13(17)12(14)10-11(2)3/h11-12H,6-10,14H2,1-5H3/t12-/m0/s1. The minimum absolute atomic E-state index is 0.0972. The van der Waals surface area contributed by atoms with Crippen LogP contribution in [-0.4, -0.2) is 55.5 Å². The summed E-state index contributed by atoms with van der Waals surface area (Å²) < 4.78 is 0. The van der Waals surface area contributed by atoms with Crippen molar-refractivity contribution >= 4 is 5.91 Å². The summed E-state index contributed by atoms with van der Waals surface area (Å²) in [4.78, 5) is 16.1. The number of carbonyl (C=O) groups is 1. The minimum Gasteiger partial charge on any atom is -0.342 e. The molecule has 102 valence electrons. The molecule has 4 heteroatoms. The minimum atomic E-state index is -0.339. The SMILES string of the molecule is CCN(CCCN(C)C)C(=O)[C@@H](N)CC(C)C. The molecule has 0 heterocycles. The van der Waals surface area contributed by atoms with Crippen molar-refractivity contribution in [2.45, 2.75) is 39.7 Å². The van der Waals surface area contributed by atoms with E-state index in [9.17, 15) is 4.79 Å². The average molecular weight is 243 g/mol. The lowest BCUT2D eigenvalue weighted by atomic mass is 10.0. The van der Waals surface area contributed by atoms with Gasteiger partial charge in [-0.1, -0.05) is 13.8 Å². The zero-order valence-corrected chi connectivity index (χ0v) is 12.1. The Labute approximate surface area is 106 Å². The van der Waals surface area contributed by atoms with E-state index in [0.29, 0.717) is 5.92 Å². The normalized spacial score (nSPS) is 13.2. The van der Waals surface area contributed by atoms with Crippen LogP contribution >= 0.6 is 0 Å². The summed E-state index contributed by atoms with van der Waals surface area (Å²) in [6.07, 6.45) is 1.77. The summed E-state index contributed by atoms with van der Waals surface area (Å²) in [5.74, 6) is 0.564. The van der Waals surface area contributed by atoms with Gasteiger partial charge in [0.2, 0.25) is 5.91 Å². The van der Waals surface area contributed by atoms with Gasteiger partial charge < -0.3 is 15.5 Å². The molecule has 1 atom stereocenters. The maximum absolute atomic E-state index is 12.1. The van der Waals surface area contributed by atoms with Crippen LogP contribution in [-0.2, 0) is 4.79 Å². The topological polar surface area (TPSA) is 49.6 Å². The first-order chi connectivity index (χ1) is 7.88. The van der Waals surface area contributed by atoms with Crippen LogP contribution < -0.4 is 5.73 Å². The van der Waals surface area contributed by atoms with Gasteiger partial charge in [0.15, 0.2) is 0 Å². The van der Waals surface area contributed by atoms with Crippen LogP contribution in [0.5, 0.6) is 0 Å². The average Bonchev–Trinajstić information content (AvgIpc) is 2.22. The molecule has 17 heavy (non-hydrogen) atoms. The number of likely N-dealkylation sites (N-methyl/N-ethyl adjacent to an activating group) is 1. The van der Waals surface area contributed by atoms with Gasteiger partial charge in [-0.3, -0.25) is 4.79 Å². The number of nitrogens with zero attached hydrogens (tertiary/aromatic N) is 2. The predicted molar refractivity (Wildman–Crippen MR) is 72.9 cm³/mol. The van der Waals surface area contributed by atoms with Gasteiger partial charge in [0.05, 0.1) is 6.04 Å². The Morgan fingerprint density at radius 2 is 1.82 bits per heavy atom. The van der Waals surface area contributed by atoms with Crippen LogP contribution in [0.15, 0.2) is 0 Å². The summed E-state index contributed by atoms with van der Waals surface area (Å²) >= 11 is 0. The van der Waals surface area contributed by atoms with Crippen LogP contribution in [0.1, 0.15) is 33.6 Å². The lowest BCUT2D eigenvalue weighted by Gasteiger charge is -2.25. The molecule has 2 N–H and O–H groups in total. The molecule has 0 radical (unpaired) electrons. The summed E-state index contributed by atoms with van der Waals surface area (Å²) in [6, 6.07) is -0.339. The maximum Gasteiger partial charge on any atom is 0.239 e. The quantitative estimate of drug-likeness (QED) is 0.696. The van der Waals surface area contributed by atoms with E-state index < -0.39 is 0 Å². The molecule has 0 spiro atoms. The Bertz CT molecular complexity index is 217. The van der Waals surface area contributed by atoms with Gasteiger partial charge in [-0.2, -0.15) is 0 Å². The van der Waals surface area contributed by atoms with E-state index in [1.807, 2.05) is 25.9 Å². The number of carbonyl (C=O) groups excluding carboxylic acids is 1. The highest BCUT2D eigenvalue weighted by Gasteiger charge is 2.20. The van der Waals surface area contributed by atoms with Gasteiger partial charge in [0, 0.05) is 13.1 Å². The summed E-state index contributed by atoms with van der Waals surface area (Å²) in [5, 5.41) is 0. The van der Waals surface area contributed by atoms with E-state index in [-0.39, 0.29) is 11.9 Å². The Balaban J connectivity index is 4.11. The summed E-state index contributed by atoms with van der Waals surface area (Å²) in [6.45, 7) is 8.75. The van der Waals surface area contributed by atoms with E-state index in [4.69, 9.17) is 5.73 Å². The molecule has 0 aromatic heterocycles. The monoisotopic (exact) mass is 243 g/mol. The molecule has 1 amide bonds. The smallest absolute Gasteiger partial charge is 0.239 e. The Morgan fingerprint density at radius 3 is 2.24 bits per heavy atom. The summed E-state index contributed by atoms with van der Waals surface area (Å²) in [7, 11) is 4.09. The predicted octanol–water partition coefficient (Wildman–Crippen LogP) is 1.16. The molecule has 4 nitrogen and oxygen atoms in total. The lowest BCUT2D eigenvalue weighted by molar-refractivity contribution is -0.132. The van der Waals surface area contributed by atoms with Crippen LogP contribution in [0.25, 0.3) is 0 Å². The molecular weight excluding hydrogens is 214 g/mol. The largest absolute Gasteiger partial charge is 0.342 e. The van der Waals surface area contributed by atoms with E-state index in [2.05, 4.69) is 18.7 Å². The molecule has 0 rings (SSSR count). The first kappa shape index (κ1) is 16.4. The van der Waals surface area contributed by atoms with E-state index in [1.54, 1.807) is 0 Å². The highest BCUT2D eigenvalue weighted by molar-refractivity contribution is 5.81. The number of hydrogen-bond acceptors (Lipinski definition) is 3. The number of hydrogen-bond donors (Lipinski definition) is 1. The van der Waals surface area contributed by atoms with Gasteiger partial charge in [-0.05, 0) is 46.3 Å². The van der Waals surface area contributed by atoms with Crippen molar-refractivity contribution in [1.29, 1.82) is 0 Å². The van der Waals surface area contributed by atoms with Gasteiger partial charge in [0.25, 0.3) is 0 Å². The molecule has 0 saturated heterocycles. The summed E-state index contributed by atoms with van der Waals surface area (Å²) in [5.41, 5.74) is 5.92. The first-order valence-corrected chi connectivity index (χ1v) is 6.57. The van der Waals surface area contributed by atoms with E-state index in [1.165, 1.54) is 0 Å². The molecular formula is C13H29N3O. The van der Waals surface area contributed by atoms with Crippen LogP contribution in [0.3, 0.4) is 0 Å². The van der Waals surface area contributed by atoms with Gasteiger partial charge in [-0.25, -0.2) is 0 Å². The van der Waals surface area contributed by atoms with Crippen LogP contribution in [0.4, 0.5) is 0 Å². The van der Waals surface area contributed by atoms with Crippen molar-refractivity contribution in [1.82, 2.24) is 9.80 Å². The molecule has 0 aliphatic carbocycles. The van der Waals surface area contributed by atoms with Crippen molar-refractivity contribution in [2.75, 3.05) is 33.7 Å². The Kier molecular flexibility index (Phi) is 8.17. The van der Waals surface area contributed by atoms with Crippen molar-refractivity contribution < 1.29 is 4.79 Å². The number of amides is 1. The number of rotatable bonds is 8. The highest BCUT2D eigenvalue weighted by atomic mass is 16.2. The van der Waals surface area contributed by atoms with Gasteiger partial charge >= 0.3 is 0 Å². The lowest BCUT2D eigenvalue weighted by Crippen LogP contribution is -2.45. The highest BCUT2D eigenvalue weighted by Crippen LogP contribution is 2.06.